The second kappa shape index (κ2) is 9.71. The number of nitrogens with zero attached hydrogens (tertiary/aromatic N) is 4. The summed E-state index contributed by atoms with van der Waals surface area (Å²) in [6.07, 6.45) is 6.98. The van der Waals surface area contributed by atoms with Crippen molar-refractivity contribution in [3.05, 3.63) is 78.9 Å². The molecule has 39 heavy (non-hydrogen) atoms. The Balaban J connectivity index is 1.38. The molecule has 10 heteroatoms. The van der Waals surface area contributed by atoms with Crippen molar-refractivity contribution in [2.24, 2.45) is 5.92 Å². The van der Waals surface area contributed by atoms with Gasteiger partial charge in [-0.25, -0.2) is 13.8 Å². The Hall–Kier alpha value is -4.99. The monoisotopic (exact) mass is 523 g/mol. The van der Waals surface area contributed by atoms with Crippen LogP contribution in [0.4, 0.5) is 14.5 Å². The largest absolute Gasteiger partial charge is 0.335 e. The van der Waals surface area contributed by atoms with Crippen molar-refractivity contribution in [3.8, 4) is 33.8 Å². The van der Waals surface area contributed by atoms with Crippen molar-refractivity contribution in [1.82, 2.24) is 30.1 Å². The summed E-state index contributed by atoms with van der Waals surface area (Å²) in [5.74, 6) is -1.16. The summed E-state index contributed by atoms with van der Waals surface area (Å²) in [7, 11) is 0. The highest BCUT2D eigenvalue weighted by Crippen LogP contribution is 2.33. The van der Waals surface area contributed by atoms with Crippen LogP contribution in [0.3, 0.4) is 0 Å². The molecular formula is C29H23F2N7O. The van der Waals surface area contributed by atoms with Crippen LogP contribution in [0, 0.1) is 17.6 Å². The number of hydrogen-bond acceptors (Lipinski definition) is 5. The average Bonchev–Trinajstić information content (AvgIpc) is 3.53. The number of hydrogen-bond donors (Lipinski definition) is 3. The van der Waals surface area contributed by atoms with Crippen molar-refractivity contribution < 1.29 is 13.6 Å². The Morgan fingerprint density at radius 2 is 1.72 bits per heavy atom. The number of carbonyl (C=O) groups excluding carboxylic acids is 1. The van der Waals surface area contributed by atoms with Crippen LogP contribution >= 0.6 is 0 Å². The Morgan fingerprint density at radius 1 is 0.897 bits per heavy atom. The van der Waals surface area contributed by atoms with Crippen molar-refractivity contribution in [2.45, 2.75) is 20.3 Å². The van der Waals surface area contributed by atoms with Gasteiger partial charge in [0.25, 0.3) is 0 Å². The maximum atomic E-state index is 13.9. The lowest BCUT2D eigenvalue weighted by Crippen LogP contribution is -2.13. The third-order valence-electron chi connectivity index (χ3n) is 6.36. The van der Waals surface area contributed by atoms with Gasteiger partial charge >= 0.3 is 0 Å². The minimum Gasteiger partial charge on any atom is -0.335 e. The van der Waals surface area contributed by atoms with E-state index in [0.29, 0.717) is 45.8 Å². The second-order valence-corrected chi connectivity index (χ2v) is 9.74. The first-order chi connectivity index (χ1) is 18.9. The lowest BCUT2D eigenvalue weighted by molar-refractivity contribution is -0.116. The Labute approximate surface area is 221 Å². The van der Waals surface area contributed by atoms with Gasteiger partial charge in [0, 0.05) is 35.3 Å². The number of imidazole rings is 1. The highest BCUT2D eigenvalue weighted by Gasteiger charge is 2.17. The lowest BCUT2D eigenvalue weighted by atomic mass is 10.0. The third kappa shape index (κ3) is 4.72. The van der Waals surface area contributed by atoms with Gasteiger partial charge in [-0.3, -0.25) is 19.9 Å². The van der Waals surface area contributed by atoms with Crippen molar-refractivity contribution in [2.75, 3.05) is 5.32 Å². The molecule has 0 aliphatic rings. The van der Waals surface area contributed by atoms with Crippen LogP contribution in [0.2, 0.25) is 0 Å². The number of aromatic amines is 2. The summed E-state index contributed by atoms with van der Waals surface area (Å²) >= 11 is 0. The zero-order chi connectivity index (χ0) is 27.1. The predicted octanol–water partition coefficient (Wildman–Crippen LogP) is 6.49. The molecule has 0 aliphatic carbocycles. The van der Waals surface area contributed by atoms with Crippen LogP contribution in [-0.2, 0) is 4.79 Å². The van der Waals surface area contributed by atoms with Crippen LogP contribution in [0.5, 0.6) is 0 Å². The standard InChI is InChI=1S/C29H23F2N7O/c1-15(2)7-26(39)34-19-8-18(11-32-12-19)16-4-6-24-20(9-16)28(38-37-24)29-35-25-14-33-13-21(27(25)36-29)17-3-5-22(30)23(31)10-17/h3-6,8-15H,7H2,1-2H3,(H,34,39)(H,35,36)(H,37,38). The third-order valence-corrected chi connectivity index (χ3v) is 6.36. The summed E-state index contributed by atoms with van der Waals surface area (Å²) in [6, 6.07) is 11.4. The van der Waals surface area contributed by atoms with E-state index in [1.54, 1.807) is 24.8 Å². The minimum absolute atomic E-state index is 0.0568. The van der Waals surface area contributed by atoms with E-state index in [-0.39, 0.29) is 11.8 Å². The number of aromatic nitrogens is 6. The van der Waals surface area contributed by atoms with E-state index in [1.807, 2.05) is 38.1 Å². The molecule has 0 bridgehead atoms. The van der Waals surface area contributed by atoms with Gasteiger partial charge in [0.05, 0.1) is 34.6 Å². The first-order valence-electron chi connectivity index (χ1n) is 12.4. The van der Waals surface area contributed by atoms with Crippen molar-refractivity contribution in [1.29, 1.82) is 0 Å². The number of benzene rings is 2. The van der Waals surface area contributed by atoms with Crippen LogP contribution in [-0.4, -0.2) is 36.0 Å². The molecular weight excluding hydrogens is 500 g/mol. The van der Waals surface area contributed by atoms with Crippen LogP contribution in [0.1, 0.15) is 20.3 Å². The molecule has 4 heterocycles. The van der Waals surface area contributed by atoms with Gasteiger partial charge < -0.3 is 10.3 Å². The summed E-state index contributed by atoms with van der Waals surface area (Å²) in [4.78, 5) is 28.8. The number of nitrogens with one attached hydrogen (secondary N) is 3. The van der Waals surface area contributed by atoms with Crippen LogP contribution < -0.4 is 5.32 Å². The molecule has 0 saturated carbocycles. The van der Waals surface area contributed by atoms with E-state index < -0.39 is 11.6 Å². The number of rotatable bonds is 6. The number of anilines is 1. The highest BCUT2D eigenvalue weighted by atomic mass is 19.2. The number of carbonyl (C=O) groups is 1. The highest BCUT2D eigenvalue weighted by molar-refractivity contribution is 5.98. The van der Waals surface area contributed by atoms with Gasteiger partial charge in [0.2, 0.25) is 5.91 Å². The normalized spacial score (nSPS) is 11.5. The van der Waals surface area contributed by atoms with E-state index in [4.69, 9.17) is 4.98 Å². The van der Waals surface area contributed by atoms with Crippen LogP contribution in [0.15, 0.2) is 67.3 Å². The van der Waals surface area contributed by atoms with E-state index in [9.17, 15) is 13.6 Å². The topological polar surface area (TPSA) is 112 Å². The number of amides is 1. The molecule has 0 unspecified atom stereocenters. The van der Waals surface area contributed by atoms with Gasteiger partial charge in [-0.05, 0) is 47.4 Å². The minimum atomic E-state index is -0.941. The van der Waals surface area contributed by atoms with Gasteiger partial charge in [-0.2, -0.15) is 5.10 Å². The van der Waals surface area contributed by atoms with Gasteiger partial charge in [-0.1, -0.05) is 26.0 Å². The quantitative estimate of drug-likeness (QED) is 0.231. The van der Waals surface area contributed by atoms with Gasteiger partial charge in [-0.15, -0.1) is 0 Å². The summed E-state index contributed by atoms with van der Waals surface area (Å²) < 4.78 is 27.4. The van der Waals surface area contributed by atoms with Crippen molar-refractivity contribution in [3.63, 3.8) is 0 Å². The van der Waals surface area contributed by atoms with E-state index >= 15 is 0 Å². The Kier molecular flexibility index (Phi) is 6.07. The summed E-state index contributed by atoms with van der Waals surface area (Å²) in [5, 5.41) is 11.3. The Bertz CT molecular complexity index is 1860. The first-order valence-corrected chi connectivity index (χ1v) is 12.4. The maximum Gasteiger partial charge on any atom is 0.224 e. The SMILES string of the molecule is CC(C)CC(=O)Nc1cncc(-c2ccc3[nH]nc(-c4nc5c(-c6ccc(F)c(F)c6)cncc5[nH]4)c3c2)c1. The summed E-state index contributed by atoms with van der Waals surface area (Å²) in [5.41, 5.74) is 5.97. The molecule has 1 amide bonds. The van der Waals surface area contributed by atoms with Gasteiger partial charge in [0.1, 0.15) is 5.69 Å². The zero-order valence-corrected chi connectivity index (χ0v) is 21.1. The van der Waals surface area contributed by atoms with E-state index in [2.05, 4.69) is 30.5 Å². The number of pyridine rings is 2. The lowest BCUT2D eigenvalue weighted by Gasteiger charge is -2.09. The molecule has 0 spiro atoms. The number of fused-ring (bicyclic) bond motifs is 2. The fraction of sp³-hybridized carbons (Fsp3) is 0.138. The molecule has 0 saturated heterocycles. The molecule has 6 rings (SSSR count). The molecule has 2 aromatic carbocycles. The smallest absolute Gasteiger partial charge is 0.224 e. The molecule has 8 nitrogen and oxygen atoms in total. The number of halogens is 2. The summed E-state index contributed by atoms with van der Waals surface area (Å²) in [6.45, 7) is 3.99. The first kappa shape index (κ1) is 24.4. The van der Waals surface area contributed by atoms with E-state index in [1.165, 1.54) is 6.07 Å². The molecule has 0 atom stereocenters. The Morgan fingerprint density at radius 3 is 2.54 bits per heavy atom. The fourth-order valence-electron chi connectivity index (χ4n) is 4.54. The fourth-order valence-corrected chi connectivity index (χ4v) is 4.54. The maximum absolute atomic E-state index is 13.9. The van der Waals surface area contributed by atoms with E-state index in [0.717, 1.165) is 34.2 Å². The predicted molar refractivity (Wildman–Crippen MR) is 146 cm³/mol. The second-order valence-electron chi connectivity index (χ2n) is 9.74. The van der Waals surface area contributed by atoms with Crippen LogP contribution in [0.25, 0.3) is 55.7 Å². The van der Waals surface area contributed by atoms with Gasteiger partial charge in [0.15, 0.2) is 17.5 Å². The van der Waals surface area contributed by atoms with Crippen molar-refractivity contribution >= 4 is 33.5 Å². The molecule has 0 radical (unpaired) electrons. The molecule has 194 valence electrons. The number of H-pyrrole nitrogens is 2. The zero-order valence-electron chi connectivity index (χ0n) is 21.1. The molecule has 6 aromatic rings. The molecule has 0 aliphatic heterocycles. The average molecular weight is 524 g/mol. The molecule has 0 fully saturated rings. The molecule has 3 N–H and O–H groups in total. The molecule has 4 aromatic heterocycles.